The van der Waals surface area contributed by atoms with Crippen molar-refractivity contribution < 1.29 is 14.4 Å². The molecule has 272 valence electrons. The van der Waals surface area contributed by atoms with Crippen LogP contribution in [-0.4, -0.2) is 63.7 Å². The monoisotopic (exact) mass is 781 g/mol. The molecule has 1 unspecified atom stereocenters. The summed E-state index contributed by atoms with van der Waals surface area (Å²) in [7, 11) is 0. The first kappa shape index (κ1) is 37.5. The zero-order chi connectivity index (χ0) is 37.1. The molecule has 0 spiro atoms. The average molecular weight is 783 g/mol. The van der Waals surface area contributed by atoms with Crippen molar-refractivity contribution in [2.24, 2.45) is 16.0 Å². The van der Waals surface area contributed by atoms with Crippen molar-refractivity contribution in [3.63, 3.8) is 0 Å². The normalized spacial score (nSPS) is 16.4. The van der Waals surface area contributed by atoms with Gasteiger partial charge < -0.3 is 16.0 Å². The molecular weight excluding hydrogens is 745 g/mol. The smallest absolute Gasteiger partial charge is 0.225 e. The predicted molar refractivity (Wildman–Crippen MR) is 206 cm³/mol. The molecule has 0 aliphatic carbocycles. The Balaban J connectivity index is 0.984. The number of amidine groups is 1. The summed E-state index contributed by atoms with van der Waals surface area (Å²) in [5, 5.41) is 26.1. The number of nitrogens with one attached hydrogen (secondary N) is 3. The van der Waals surface area contributed by atoms with Gasteiger partial charge in [-0.1, -0.05) is 53.9 Å². The molecular formula is C36H38Cl3N9O3S. The fraction of sp³-hybridized carbons (Fsp3) is 0.361. The molecule has 6 rings (SSSR count). The molecule has 4 heterocycles. The molecule has 16 heteroatoms. The Kier molecular flexibility index (Phi) is 11.6. The van der Waals surface area contributed by atoms with E-state index in [0.717, 1.165) is 38.0 Å². The van der Waals surface area contributed by atoms with Gasteiger partial charge in [-0.25, -0.2) is 0 Å². The van der Waals surface area contributed by atoms with Gasteiger partial charge in [0.2, 0.25) is 17.7 Å². The van der Waals surface area contributed by atoms with Gasteiger partial charge in [0.15, 0.2) is 5.82 Å². The third kappa shape index (κ3) is 8.33. The number of hydrogen-bond donors (Lipinski definition) is 3. The summed E-state index contributed by atoms with van der Waals surface area (Å²) in [6.07, 6.45) is 0.771. The number of thiophene rings is 1. The number of aliphatic imine (C=N–C) groups is 1. The molecule has 0 saturated heterocycles. The van der Waals surface area contributed by atoms with Gasteiger partial charge in [-0.3, -0.25) is 29.0 Å². The molecule has 0 bridgehead atoms. The van der Waals surface area contributed by atoms with Gasteiger partial charge in [-0.15, -0.1) is 21.5 Å². The van der Waals surface area contributed by atoms with Crippen LogP contribution in [0, 0.1) is 26.7 Å². The van der Waals surface area contributed by atoms with Crippen molar-refractivity contribution in [2.75, 3.05) is 24.6 Å². The number of rotatable bonds is 11. The lowest BCUT2D eigenvalue weighted by molar-refractivity contribution is -0.123. The lowest BCUT2D eigenvalue weighted by Crippen LogP contribution is -2.34. The number of nitrogens with zero attached hydrogens (tertiary/aromatic N) is 6. The number of anilines is 1. The number of hydrazone groups is 1. The van der Waals surface area contributed by atoms with Crippen LogP contribution >= 0.6 is 46.1 Å². The van der Waals surface area contributed by atoms with Crippen LogP contribution in [0.2, 0.25) is 15.1 Å². The van der Waals surface area contributed by atoms with E-state index in [2.05, 4.69) is 45.1 Å². The number of aryl methyl sites for hydroxylation is 2. The summed E-state index contributed by atoms with van der Waals surface area (Å²) in [6.45, 7) is 9.07. The molecule has 2 aliphatic heterocycles. The van der Waals surface area contributed by atoms with Gasteiger partial charge in [0.1, 0.15) is 22.7 Å². The number of carbonyl (C=O) groups is 3. The highest BCUT2D eigenvalue weighted by Gasteiger charge is 2.32. The van der Waals surface area contributed by atoms with Crippen molar-refractivity contribution in [3.05, 3.63) is 90.7 Å². The lowest BCUT2D eigenvalue weighted by atomic mass is 9.99. The average Bonchev–Trinajstić information content (AvgIpc) is 3.73. The van der Waals surface area contributed by atoms with Gasteiger partial charge in [0.25, 0.3) is 0 Å². The Bertz CT molecular complexity index is 2080. The Hall–Kier alpha value is -4.30. The quantitative estimate of drug-likeness (QED) is 0.149. The Morgan fingerprint density at radius 3 is 2.40 bits per heavy atom. The van der Waals surface area contributed by atoms with Gasteiger partial charge in [0.05, 0.1) is 34.4 Å². The summed E-state index contributed by atoms with van der Waals surface area (Å²) in [5.41, 5.74) is 4.53. The molecule has 4 aromatic rings. The van der Waals surface area contributed by atoms with E-state index in [0.29, 0.717) is 52.1 Å². The van der Waals surface area contributed by atoms with Crippen molar-refractivity contribution in [2.45, 2.75) is 59.4 Å². The van der Waals surface area contributed by atoms with Crippen molar-refractivity contribution in [3.8, 4) is 5.00 Å². The number of halogens is 3. The van der Waals surface area contributed by atoms with Crippen LogP contribution in [-0.2, 0) is 14.4 Å². The van der Waals surface area contributed by atoms with Crippen LogP contribution < -0.4 is 21.0 Å². The number of fused-ring (bicyclic) bond motifs is 3. The fourth-order valence-corrected chi connectivity index (χ4v) is 7.67. The van der Waals surface area contributed by atoms with Gasteiger partial charge in [0, 0.05) is 52.9 Å². The molecule has 2 aromatic heterocycles. The van der Waals surface area contributed by atoms with E-state index in [9.17, 15) is 14.4 Å². The van der Waals surface area contributed by atoms with Gasteiger partial charge in [-0.05, 0) is 63.1 Å². The van der Waals surface area contributed by atoms with E-state index in [1.165, 1.54) is 0 Å². The largest absolute Gasteiger partial charge is 0.356 e. The zero-order valence-electron chi connectivity index (χ0n) is 29.1. The minimum Gasteiger partial charge on any atom is -0.356 e. The molecule has 0 fully saturated rings. The molecule has 2 aromatic carbocycles. The molecule has 52 heavy (non-hydrogen) atoms. The topological polar surface area (TPSA) is 146 Å². The Morgan fingerprint density at radius 1 is 0.904 bits per heavy atom. The first-order chi connectivity index (χ1) is 24.9. The van der Waals surface area contributed by atoms with Crippen LogP contribution in [0.5, 0.6) is 0 Å². The van der Waals surface area contributed by atoms with Crippen molar-refractivity contribution >= 4 is 81.1 Å². The predicted octanol–water partition coefficient (Wildman–Crippen LogP) is 6.49. The number of hydrogen-bond acceptors (Lipinski definition) is 9. The zero-order valence-corrected chi connectivity index (χ0v) is 32.2. The number of benzene rings is 2. The second kappa shape index (κ2) is 16.2. The van der Waals surface area contributed by atoms with E-state index >= 15 is 0 Å². The maximum absolute atomic E-state index is 13.2. The van der Waals surface area contributed by atoms with Crippen LogP contribution in [0.15, 0.2) is 52.6 Å². The van der Waals surface area contributed by atoms with Crippen molar-refractivity contribution in [1.29, 1.82) is 0 Å². The van der Waals surface area contributed by atoms with Crippen molar-refractivity contribution in [1.82, 2.24) is 30.7 Å². The van der Waals surface area contributed by atoms with E-state index in [4.69, 9.17) is 39.8 Å². The molecule has 0 radical (unpaired) electrons. The van der Waals surface area contributed by atoms with Crippen LogP contribution in [0.25, 0.3) is 5.00 Å². The molecule has 12 nitrogen and oxygen atoms in total. The van der Waals surface area contributed by atoms with Gasteiger partial charge >= 0.3 is 0 Å². The first-order valence-electron chi connectivity index (χ1n) is 16.9. The summed E-state index contributed by atoms with van der Waals surface area (Å²) >= 11 is 20.0. The number of amides is 3. The highest BCUT2D eigenvalue weighted by Crippen LogP contribution is 2.39. The van der Waals surface area contributed by atoms with E-state index in [-0.39, 0.29) is 49.4 Å². The Morgan fingerprint density at radius 2 is 1.65 bits per heavy atom. The molecule has 2 atom stereocenters. The Labute approximate surface area is 320 Å². The fourth-order valence-electron chi connectivity index (χ4n) is 6.04. The molecule has 0 saturated carbocycles. The van der Waals surface area contributed by atoms with Crippen LogP contribution in [0.4, 0.5) is 5.69 Å². The minimum atomic E-state index is -0.608. The summed E-state index contributed by atoms with van der Waals surface area (Å²) in [4.78, 5) is 44.6. The van der Waals surface area contributed by atoms with Crippen LogP contribution in [0.1, 0.15) is 71.9 Å². The van der Waals surface area contributed by atoms with Crippen LogP contribution in [0.3, 0.4) is 0 Å². The first-order valence-corrected chi connectivity index (χ1v) is 18.8. The summed E-state index contributed by atoms with van der Waals surface area (Å²) in [5.74, 6) is 1.20. The van der Waals surface area contributed by atoms with Gasteiger partial charge in [-0.2, -0.15) is 5.10 Å². The van der Waals surface area contributed by atoms with E-state index in [1.807, 2.05) is 48.7 Å². The summed E-state index contributed by atoms with van der Waals surface area (Å²) < 4.78 is 1.99. The maximum atomic E-state index is 13.2. The third-order valence-electron chi connectivity index (χ3n) is 8.92. The third-order valence-corrected chi connectivity index (χ3v) is 11.1. The summed E-state index contributed by atoms with van der Waals surface area (Å²) in [6, 6.07) is 12.2. The van der Waals surface area contributed by atoms with E-state index < -0.39 is 6.04 Å². The molecule has 3 amide bonds. The highest BCUT2D eigenvalue weighted by atomic mass is 35.5. The lowest BCUT2D eigenvalue weighted by Gasteiger charge is -2.14. The van der Waals surface area contributed by atoms with E-state index in [1.54, 1.807) is 28.5 Å². The molecule has 2 aliphatic rings. The minimum absolute atomic E-state index is 0.0119. The molecule has 3 N–H and O–H groups in total. The second-order valence-electron chi connectivity index (χ2n) is 12.8. The second-order valence-corrected chi connectivity index (χ2v) is 15.2. The SMILES string of the molecule is Cc1sc2c(c1C)C(c1ccc(Cl)cc1)=N[C@@H](CC(=O)NCCC(=O)NCCCC(=O)NC1=NN(c3ccc(Cl)c(Cl)c3)CC1C)c1nnc(C)n1-2. The standard InChI is InChI=1S/C36H38Cl3N9O3S/c1-19-18-47(25-11-12-26(38)27(39)16-25)46-34(19)43-30(50)6-5-14-40-29(49)13-15-41-31(51)17-28-35-45-44-22(4)48(35)36-32(20(2)21(3)52-36)33(42-28)23-7-9-24(37)10-8-23/h7-12,16,19,28H,5-6,13-15,17-18H2,1-4H3,(H,40,49)(H,41,51)(H,43,46,50)/t19?,28-/m0/s1. The number of carbonyl (C=O) groups excluding carboxylic acids is 3. The number of aromatic nitrogens is 3. The maximum Gasteiger partial charge on any atom is 0.225 e. The highest BCUT2D eigenvalue weighted by molar-refractivity contribution is 7.15.